The molecule has 0 aromatic heterocycles. The highest BCUT2D eigenvalue weighted by molar-refractivity contribution is 5.99. The fourth-order valence-electron chi connectivity index (χ4n) is 2.05. The number of rotatable bonds is 5. The zero-order chi connectivity index (χ0) is 14.5. The summed E-state index contributed by atoms with van der Waals surface area (Å²) in [5, 5.41) is 5.59. The van der Waals surface area contributed by atoms with Gasteiger partial charge >= 0.3 is 0 Å². The molecule has 5 nitrogen and oxygen atoms in total. The van der Waals surface area contributed by atoms with Crippen LogP contribution in [0.1, 0.15) is 39.5 Å². The minimum absolute atomic E-state index is 0.00479. The van der Waals surface area contributed by atoms with E-state index in [-0.39, 0.29) is 11.8 Å². The average molecular weight is 276 g/mol. The highest BCUT2D eigenvalue weighted by Crippen LogP contribution is 2.32. The molecule has 108 valence electrons. The van der Waals surface area contributed by atoms with Gasteiger partial charge < -0.3 is 15.4 Å². The van der Waals surface area contributed by atoms with Gasteiger partial charge in [0.25, 0.3) is 5.91 Å². The summed E-state index contributed by atoms with van der Waals surface area (Å²) in [7, 11) is 0. The van der Waals surface area contributed by atoms with Crippen molar-refractivity contribution in [1.29, 1.82) is 0 Å². The van der Waals surface area contributed by atoms with E-state index < -0.39 is 6.10 Å². The van der Waals surface area contributed by atoms with Crippen molar-refractivity contribution in [3.63, 3.8) is 0 Å². The first-order chi connectivity index (χ1) is 9.60. The van der Waals surface area contributed by atoms with Crippen molar-refractivity contribution in [1.82, 2.24) is 0 Å². The topological polar surface area (TPSA) is 67.4 Å². The molecular weight excluding hydrogens is 256 g/mol. The van der Waals surface area contributed by atoms with E-state index in [1.165, 1.54) is 0 Å². The van der Waals surface area contributed by atoms with E-state index in [1.807, 2.05) is 0 Å². The van der Waals surface area contributed by atoms with Crippen molar-refractivity contribution in [2.24, 2.45) is 0 Å². The monoisotopic (exact) mass is 276 g/mol. The lowest BCUT2D eigenvalue weighted by molar-refractivity contribution is -0.122. The van der Waals surface area contributed by atoms with E-state index in [0.29, 0.717) is 23.5 Å². The Morgan fingerprint density at radius 1 is 1.40 bits per heavy atom. The fraction of sp³-hybridized carbons (Fsp3) is 0.467. The van der Waals surface area contributed by atoms with Crippen LogP contribution in [0.15, 0.2) is 18.2 Å². The molecule has 0 bridgehead atoms. The second-order valence-electron chi connectivity index (χ2n) is 4.97. The molecule has 0 saturated heterocycles. The summed E-state index contributed by atoms with van der Waals surface area (Å²) >= 11 is 0. The molecule has 0 spiro atoms. The molecule has 2 rings (SSSR count). The summed E-state index contributed by atoms with van der Waals surface area (Å²) in [5.74, 6) is 0.444. The van der Waals surface area contributed by atoms with Gasteiger partial charge in [-0.1, -0.05) is 19.8 Å². The molecule has 0 fully saturated rings. The number of anilines is 2. The third-order valence-electron chi connectivity index (χ3n) is 3.20. The zero-order valence-corrected chi connectivity index (χ0v) is 11.9. The third-order valence-corrected chi connectivity index (χ3v) is 3.20. The van der Waals surface area contributed by atoms with Gasteiger partial charge in [-0.05, 0) is 31.5 Å². The lowest BCUT2D eigenvalue weighted by Crippen LogP contribution is -2.34. The van der Waals surface area contributed by atoms with E-state index >= 15 is 0 Å². The maximum absolute atomic E-state index is 11.7. The normalized spacial score (nSPS) is 16.9. The van der Waals surface area contributed by atoms with Crippen LogP contribution in [0.2, 0.25) is 0 Å². The van der Waals surface area contributed by atoms with Crippen LogP contribution in [0, 0.1) is 0 Å². The Bertz CT molecular complexity index is 514. The quantitative estimate of drug-likeness (QED) is 0.812. The molecule has 20 heavy (non-hydrogen) atoms. The van der Waals surface area contributed by atoms with Gasteiger partial charge in [-0.2, -0.15) is 0 Å². The maximum Gasteiger partial charge on any atom is 0.265 e. The van der Waals surface area contributed by atoms with Gasteiger partial charge in [-0.25, -0.2) is 0 Å². The molecule has 1 aliphatic rings. The molecule has 0 aliphatic carbocycles. The lowest BCUT2D eigenvalue weighted by atomic mass is 10.2. The van der Waals surface area contributed by atoms with Crippen LogP contribution in [-0.4, -0.2) is 17.9 Å². The van der Waals surface area contributed by atoms with E-state index in [0.717, 1.165) is 19.3 Å². The number of benzene rings is 1. The summed E-state index contributed by atoms with van der Waals surface area (Å²) < 4.78 is 5.46. The Hall–Kier alpha value is -2.04. The molecule has 0 saturated carbocycles. The number of amides is 2. The Kier molecular flexibility index (Phi) is 4.61. The molecule has 1 aromatic rings. The minimum Gasteiger partial charge on any atom is -0.479 e. The van der Waals surface area contributed by atoms with Gasteiger partial charge in [0.15, 0.2) is 6.10 Å². The molecule has 1 unspecified atom stereocenters. The van der Waals surface area contributed by atoms with Crippen LogP contribution in [0.25, 0.3) is 0 Å². The van der Waals surface area contributed by atoms with Crippen LogP contribution in [-0.2, 0) is 9.59 Å². The Labute approximate surface area is 118 Å². The smallest absolute Gasteiger partial charge is 0.265 e. The van der Waals surface area contributed by atoms with Gasteiger partial charge in [0.1, 0.15) is 5.75 Å². The first kappa shape index (κ1) is 14.4. The number of fused-ring (bicyclic) bond motifs is 1. The fourth-order valence-corrected chi connectivity index (χ4v) is 2.05. The van der Waals surface area contributed by atoms with Gasteiger partial charge in [0, 0.05) is 12.1 Å². The van der Waals surface area contributed by atoms with Gasteiger partial charge in [-0.15, -0.1) is 0 Å². The molecule has 1 heterocycles. The van der Waals surface area contributed by atoms with Crippen molar-refractivity contribution in [3.05, 3.63) is 18.2 Å². The van der Waals surface area contributed by atoms with Gasteiger partial charge in [0.05, 0.1) is 5.69 Å². The largest absolute Gasteiger partial charge is 0.479 e. The van der Waals surface area contributed by atoms with E-state index in [1.54, 1.807) is 25.1 Å². The number of hydrogen-bond acceptors (Lipinski definition) is 3. The number of nitrogens with one attached hydrogen (secondary N) is 2. The molecule has 0 radical (unpaired) electrons. The molecule has 2 N–H and O–H groups in total. The van der Waals surface area contributed by atoms with Crippen molar-refractivity contribution in [2.75, 3.05) is 10.6 Å². The van der Waals surface area contributed by atoms with Crippen molar-refractivity contribution < 1.29 is 14.3 Å². The SMILES string of the molecule is CCCCCC(=O)Nc1ccc2c(c1)NC(=O)C(C)O2. The Morgan fingerprint density at radius 3 is 2.95 bits per heavy atom. The Balaban J connectivity index is 1.99. The third kappa shape index (κ3) is 3.50. The molecule has 1 atom stereocenters. The van der Waals surface area contributed by atoms with Gasteiger partial charge in [-0.3, -0.25) is 9.59 Å². The average Bonchev–Trinajstić information content (AvgIpc) is 2.41. The predicted octanol–water partition coefficient (Wildman–Crippen LogP) is 2.92. The summed E-state index contributed by atoms with van der Waals surface area (Å²) in [6.45, 7) is 3.80. The van der Waals surface area contributed by atoms with Crippen LogP contribution in [0.4, 0.5) is 11.4 Å². The zero-order valence-electron chi connectivity index (χ0n) is 11.9. The number of unbranched alkanes of at least 4 members (excludes halogenated alkanes) is 2. The molecule has 2 amide bonds. The second kappa shape index (κ2) is 6.41. The van der Waals surface area contributed by atoms with Gasteiger partial charge in [0.2, 0.25) is 5.91 Å². The molecule has 1 aliphatic heterocycles. The number of hydrogen-bond donors (Lipinski definition) is 2. The van der Waals surface area contributed by atoms with Crippen LogP contribution >= 0.6 is 0 Å². The molecule has 1 aromatic carbocycles. The summed E-state index contributed by atoms with van der Waals surface area (Å²) in [4.78, 5) is 23.3. The number of ether oxygens (including phenoxy) is 1. The number of carbonyl (C=O) groups is 2. The van der Waals surface area contributed by atoms with Crippen LogP contribution in [0.3, 0.4) is 0 Å². The molecule has 5 heteroatoms. The maximum atomic E-state index is 11.7. The van der Waals surface area contributed by atoms with Crippen LogP contribution < -0.4 is 15.4 Å². The van der Waals surface area contributed by atoms with E-state index in [2.05, 4.69) is 17.6 Å². The van der Waals surface area contributed by atoms with Crippen molar-refractivity contribution in [2.45, 2.75) is 45.6 Å². The summed E-state index contributed by atoms with van der Waals surface area (Å²) in [6, 6.07) is 5.25. The first-order valence-electron chi connectivity index (χ1n) is 7.01. The highest BCUT2D eigenvalue weighted by Gasteiger charge is 2.23. The Morgan fingerprint density at radius 2 is 2.20 bits per heavy atom. The lowest BCUT2D eigenvalue weighted by Gasteiger charge is -2.23. The second-order valence-corrected chi connectivity index (χ2v) is 4.97. The standard InChI is InChI=1S/C15H20N2O3/c1-3-4-5-6-14(18)16-11-7-8-13-12(9-11)17-15(19)10(2)20-13/h7-10H,3-6H2,1-2H3,(H,16,18)(H,17,19). The summed E-state index contributed by atoms with van der Waals surface area (Å²) in [6.07, 6.45) is 3.07. The van der Waals surface area contributed by atoms with Crippen molar-refractivity contribution >= 4 is 23.2 Å². The highest BCUT2D eigenvalue weighted by atomic mass is 16.5. The minimum atomic E-state index is -0.489. The molecular formula is C15H20N2O3. The van der Waals surface area contributed by atoms with E-state index in [9.17, 15) is 9.59 Å². The van der Waals surface area contributed by atoms with Crippen LogP contribution in [0.5, 0.6) is 5.75 Å². The summed E-state index contributed by atoms with van der Waals surface area (Å²) in [5.41, 5.74) is 1.27. The predicted molar refractivity (Wildman–Crippen MR) is 77.9 cm³/mol. The van der Waals surface area contributed by atoms with E-state index in [4.69, 9.17) is 4.74 Å². The number of carbonyl (C=O) groups excluding carboxylic acids is 2. The van der Waals surface area contributed by atoms with Crippen molar-refractivity contribution in [3.8, 4) is 5.75 Å². The first-order valence-corrected chi connectivity index (χ1v) is 7.01.